The van der Waals surface area contributed by atoms with Crippen LogP contribution in [-0.4, -0.2) is 44.4 Å². The smallest absolute Gasteiger partial charge is 0.233 e. The van der Waals surface area contributed by atoms with Gasteiger partial charge in [-0.1, -0.05) is 23.9 Å². The Morgan fingerprint density at radius 3 is 2.70 bits per heavy atom. The molecule has 3 rings (SSSR count). The SMILES string of the molecule is Cn1c(SCC(=O)N2CCCCC2)nnc1-c1ccccc1F. The fraction of sp³-hybridized carbons (Fsp3) is 0.438. The highest BCUT2D eigenvalue weighted by Gasteiger charge is 2.19. The first kappa shape index (κ1) is 16.0. The minimum atomic E-state index is -0.330. The summed E-state index contributed by atoms with van der Waals surface area (Å²) >= 11 is 1.35. The van der Waals surface area contributed by atoms with Gasteiger partial charge >= 0.3 is 0 Å². The number of rotatable bonds is 4. The lowest BCUT2D eigenvalue weighted by Gasteiger charge is -2.26. The van der Waals surface area contributed by atoms with Crippen molar-refractivity contribution in [1.29, 1.82) is 0 Å². The molecule has 122 valence electrons. The van der Waals surface area contributed by atoms with Gasteiger partial charge in [-0.15, -0.1) is 10.2 Å². The van der Waals surface area contributed by atoms with Crippen LogP contribution >= 0.6 is 11.8 Å². The molecule has 0 saturated carbocycles. The van der Waals surface area contributed by atoms with E-state index in [9.17, 15) is 9.18 Å². The molecule has 0 radical (unpaired) electrons. The molecule has 1 aromatic carbocycles. The third-order valence-corrected chi connectivity index (χ3v) is 4.99. The summed E-state index contributed by atoms with van der Waals surface area (Å²) in [6.07, 6.45) is 3.36. The predicted molar refractivity (Wildman–Crippen MR) is 87.6 cm³/mol. The van der Waals surface area contributed by atoms with E-state index in [2.05, 4.69) is 10.2 Å². The number of nitrogens with zero attached hydrogens (tertiary/aromatic N) is 4. The number of amides is 1. The van der Waals surface area contributed by atoms with Crippen LogP contribution in [0.15, 0.2) is 29.4 Å². The second-order valence-corrected chi connectivity index (χ2v) is 6.52. The summed E-state index contributed by atoms with van der Waals surface area (Å²) in [6.45, 7) is 1.69. The van der Waals surface area contributed by atoms with Crippen molar-refractivity contribution in [2.75, 3.05) is 18.8 Å². The van der Waals surface area contributed by atoms with Gasteiger partial charge in [0.15, 0.2) is 11.0 Å². The Hall–Kier alpha value is -1.89. The van der Waals surface area contributed by atoms with Gasteiger partial charge in [-0.25, -0.2) is 4.39 Å². The first-order valence-electron chi connectivity index (χ1n) is 7.71. The monoisotopic (exact) mass is 334 g/mol. The number of likely N-dealkylation sites (tertiary alicyclic amines) is 1. The van der Waals surface area contributed by atoms with Crippen molar-refractivity contribution in [2.45, 2.75) is 24.4 Å². The minimum absolute atomic E-state index is 0.130. The molecular formula is C16H19FN4OS. The van der Waals surface area contributed by atoms with E-state index in [1.165, 1.54) is 24.2 Å². The van der Waals surface area contributed by atoms with Gasteiger partial charge in [0.2, 0.25) is 5.91 Å². The molecule has 0 aliphatic carbocycles. The number of carbonyl (C=O) groups is 1. The van der Waals surface area contributed by atoms with Gasteiger partial charge in [0.25, 0.3) is 0 Å². The minimum Gasteiger partial charge on any atom is -0.342 e. The third-order valence-electron chi connectivity index (χ3n) is 3.98. The Morgan fingerprint density at radius 1 is 1.22 bits per heavy atom. The van der Waals surface area contributed by atoms with E-state index in [4.69, 9.17) is 0 Å². The molecule has 5 nitrogen and oxygen atoms in total. The van der Waals surface area contributed by atoms with Gasteiger partial charge < -0.3 is 9.47 Å². The maximum Gasteiger partial charge on any atom is 0.233 e. The number of hydrogen-bond acceptors (Lipinski definition) is 4. The maximum absolute atomic E-state index is 13.9. The van der Waals surface area contributed by atoms with E-state index in [1.54, 1.807) is 29.8 Å². The molecule has 0 N–H and O–H groups in total. The summed E-state index contributed by atoms with van der Waals surface area (Å²) in [5.74, 6) is 0.605. The fourth-order valence-corrected chi connectivity index (χ4v) is 3.49. The van der Waals surface area contributed by atoms with E-state index >= 15 is 0 Å². The average molecular weight is 334 g/mol. The molecule has 0 unspecified atom stereocenters. The summed E-state index contributed by atoms with van der Waals surface area (Å²) in [4.78, 5) is 14.1. The molecule has 23 heavy (non-hydrogen) atoms. The molecule has 0 atom stereocenters. The number of carbonyl (C=O) groups excluding carboxylic acids is 1. The number of thioether (sulfide) groups is 1. The van der Waals surface area contributed by atoms with Crippen molar-refractivity contribution in [3.05, 3.63) is 30.1 Å². The van der Waals surface area contributed by atoms with Crippen molar-refractivity contribution in [3.63, 3.8) is 0 Å². The number of piperidine rings is 1. The van der Waals surface area contributed by atoms with Gasteiger partial charge in [0.1, 0.15) is 5.82 Å². The number of halogens is 1. The average Bonchev–Trinajstić information content (AvgIpc) is 2.94. The van der Waals surface area contributed by atoms with Gasteiger partial charge in [-0.3, -0.25) is 4.79 Å². The van der Waals surface area contributed by atoms with Crippen LogP contribution in [0.5, 0.6) is 0 Å². The van der Waals surface area contributed by atoms with Gasteiger partial charge in [0.05, 0.1) is 11.3 Å². The Balaban J connectivity index is 1.68. The van der Waals surface area contributed by atoms with Crippen molar-refractivity contribution in [2.24, 2.45) is 7.05 Å². The van der Waals surface area contributed by atoms with Crippen LogP contribution in [0, 0.1) is 5.82 Å². The summed E-state index contributed by atoms with van der Waals surface area (Å²) < 4.78 is 15.6. The van der Waals surface area contributed by atoms with Crippen molar-refractivity contribution >= 4 is 17.7 Å². The molecule has 1 aliphatic heterocycles. The predicted octanol–water partition coefficient (Wildman–Crippen LogP) is 2.73. The van der Waals surface area contributed by atoms with Gasteiger partial charge in [0, 0.05) is 20.1 Å². The second-order valence-electron chi connectivity index (χ2n) is 5.58. The van der Waals surface area contributed by atoms with E-state index < -0.39 is 0 Å². The topological polar surface area (TPSA) is 51.0 Å². The normalized spacial score (nSPS) is 15.0. The molecule has 0 spiro atoms. The van der Waals surface area contributed by atoms with Crippen LogP contribution in [0.1, 0.15) is 19.3 Å². The Labute approximate surface area is 138 Å². The number of hydrogen-bond donors (Lipinski definition) is 0. The van der Waals surface area contributed by atoms with E-state index in [1.807, 2.05) is 4.90 Å². The number of benzene rings is 1. The van der Waals surface area contributed by atoms with E-state index in [0.717, 1.165) is 25.9 Å². The molecule has 7 heteroatoms. The van der Waals surface area contributed by atoms with Gasteiger partial charge in [-0.05, 0) is 31.4 Å². The molecule has 1 aliphatic rings. The first-order chi connectivity index (χ1) is 11.2. The quantitative estimate of drug-likeness (QED) is 0.807. The fourth-order valence-electron chi connectivity index (χ4n) is 2.68. The Kier molecular flexibility index (Phi) is 4.95. The van der Waals surface area contributed by atoms with Crippen molar-refractivity contribution < 1.29 is 9.18 Å². The maximum atomic E-state index is 13.9. The van der Waals surface area contributed by atoms with E-state index in [0.29, 0.717) is 22.3 Å². The molecule has 1 aromatic heterocycles. The molecule has 1 saturated heterocycles. The van der Waals surface area contributed by atoms with Crippen LogP contribution in [-0.2, 0) is 11.8 Å². The first-order valence-corrected chi connectivity index (χ1v) is 8.70. The zero-order valence-corrected chi connectivity index (χ0v) is 13.9. The van der Waals surface area contributed by atoms with Crippen molar-refractivity contribution in [1.82, 2.24) is 19.7 Å². The van der Waals surface area contributed by atoms with Crippen LogP contribution in [0.4, 0.5) is 4.39 Å². The number of aromatic nitrogens is 3. The molecule has 2 heterocycles. The molecule has 2 aromatic rings. The summed E-state index contributed by atoms with van der Waals surface area (Å²) in [5, 5.41) is 8.77. The lowest BCUT2D eigenvalue weighted by atomic mass is 10.1. The van der Waals surface area contributed by atoms with Crippen LogP contribution in [0.25, 0.3) is 11.4 Å². The lowest BCUT2D eigenvalue weighted by molar-refractivity contribution is -0.129. The molecule has 0 bridgehead atoms. The van der Waals surface area contributed by atoms with Crippen LogP contribution in [0.2, 0.25) is 0 Å². The highest BCUT2D eigenvalue weighted by Crippen LogP contribution is 2.25. The second kappa shape index (κ2) is 7.12. The largest absolute Gasteiger partial charge is 0.342 e. The summed E-state index contributed by atoms with van der Waals surface area (Å²) in [5.41, 5.74) is 0.414. The molecular weight excluding hydrogens is 315 g/mol. The van der Waals surface area contributed by atoms with E-state index in [-0.39, 0.29) is 11.7 Å². The molecule has 1 amide bonds. The highest BCUT2D eigenvalue weighted by molar-refractivity contribution is 7.99. The van der Waals surface area contributed by atoms with Crippen LogP contribution < -0.4 is 0 Å². The highest BCUT2D eigenvalue weighted by atomic mass is 32.2. The lowest BCUT2D eigenvalue weighted by Crippen LogP contribution is -2.36. The Bertz CT molecular complexity index is 697. The van der Waals surface area contributed by atoms with Crippen molar-refractivity contribution in [3.8, 4) is 11.4 Å². The molecule has 1 fully saturated rings. The zero-order valence-electron chi connectivity index (χ0n) is 13.0. The summed E-state index contributed by atoms with van der Waals surface area (Å²) in [7, 11) is 1.79. The third kappa shape index (κ3) is 3.55. The Morgan fingerprint density at radius 2 is 1.96 bits per heavy atom. The summed E-state index contributed by atoms with van der Waals surface area (Å²) in [6, 6.07) is 6.48. The standard InChI is InChI=1S/C16H19FN4OS/c1-20-15(12-7-3-4-8-13(12)17)18-19-16(20)23-11-14(22)21-9-5-2-6-10-21/h3-4,7-8H,2,5-6,9-11H2,1H3. The zero-order chi connectivity index (χ0) is 16.2. The van der Waals surface area contributed by atoms with Crippen LogP contribution in [0.3, 0.4) is 0 Å². The van der Waals surface area contributed by atoms with Gasteiger partial charge in [-0.2, -0.15) is 0 Å².